The van der Waals surface area contributed by atoms with E-state index >= 15 is 0 Å². The zero-order valence-electron chi connectivity index (χ0n) is 58.0. The molecule has 25 heteroatoms. The van der Waals surface area contributed by atoms with E-state index < -0.39 is 0 Å². The van der Waals surface area contributed by atoms with Crippen LogP contribution in [0.1, 0.15) is 120 Å². The first-order valence-electron chi connectivity index (χ1n) is 33.3. The number of thiocarbonyl (C=S) groups is 1. The van der Waals surface area contributed by atoms with Gasteiger partial charge in [-0.3, -0.25) is 43.5 Å². The van der Waals surface area contributed by atoms with Crippen molar-refractivity contribution in [3.8, 4) is 43.8 Å². The second kappa shape index (κ2) is 36.2. The maximum atomic E-state index is 13.0. The van der Waals surface area contributed by atoms with Gasteiger partial charge in [0.25, 0.3) is 17.7 Å². The molecule has 0 radical (unpaired) electrons. The summed E-state index contributed by atoms with van der Waals surface area (Å²) in [6.45, 7) is 22.5. The predicted octanol–water partition coefficient (Wildman–Crippen LogP) is 13.2. The molecule has 0 saturated heterocycles. The Hall–Kier alpha value is -10.5. The summed E-state index contributed by atoms with van der Waals surface area (Å²) in [5, 5.41) is 20.4. The van der Waals surface area contributed by atoms with E-state index in [2.05, 4.69) is 113 Å². The van der Waals surface area contributed by atoms with Crippen LogP contribution in [0.15, 0.2) is 144 Å². The zero-order chi connectivity index (χ0) is 73.0. The maximum Gasteiger partial charge on any atom is 0.256 e. The van der Waals surface area contributed by atoms with E-state index in [4.69, 9.17) is 22.3 Å². The molecule has 0 aliphatic carbocycles. The van der Waals surface area contributed by atoms with Gasteiger partial charge in [-0.15, -0.1) is 34.3 Å². The number of aldehydes is 1. The lowest BCUT2D eigenvalue weighted by Gasteiger charge is -2.18. The molecule has 9 heterocycles. The number of pyridine rings is 2. The second-order valence-electron chi connectivity index (χ2n) is 23.8. The molecule has 0 bridgehead atoms. The summed E-state index contributed by atoms with van der Waals surface area (Å²) < 4.78 is 0. The summed E-state index contributed by atoms with van der Waals surface area (Å²) >= 11 is 13.3. The molecule has 102 heavy (non-hydrogen) atoms. The van der Waals surface area contributed by atoms with Gasteiger partial charge in [0.1, 0.15) is 15.0 Å². The molecule has 4 aromatic carbocycles. The van der Waals surface area contributed by atoms with Crippen molar-refractivity contribution in [1.82, 2.24) is 50.3 Å². The van der Waals surface area contributed by atoms with Gasteiger partial charge in [0.05, 0.1) is 63.9 Å². The first kappa shape index (κ1) is 75.7. The number of aromatic nitrogens is 6. The summed E-state index contributed by atoms with van der Waals surface area (Å²) in [5.41, 5.74) is 23.5. The molecule has 3 aliphatic heterocycles. The minimum atomic E-state index is -0.165. The Kier molecular flexibility index (Phi) is 26.9. The van der Waals surface area contributed by atoms with Gasteiger partial charge in [-0.05, 0) is 149 Å². The molecule has 526 valence electrons. The van der Waals surface area contributed by atoms with Gasteiger partial charge in [0.2, 0.25) is 11.8 Å². The Morgan fingerprint density at radius 2 is 1.12 bits per heavy atom. The molecule has 21 nitrogen and oxygen atoms in total. The number of nitrogens with zero attached hydrogens (tertiary/aromatic N) is 6. The number of ketones is 1. The number of nitrogens with two attached hydrogens (primary N) is 1. The number of fused-ring (bicyclic) bond motifs is 3. The normalized spacial score (nSPS) is 12.6. The number of hydrogen-bond acceptors (Lipinski definition) is 16. The Labute approximate surface area is 611 Å². The summed E-state index contributed by atoms with van der Waals surface area (Å²) in [5.74, 6) is -0.512. The third kappa shape index (κ3) is 19.3. The Morgan fingerprint density at radius 3 is 1.65 bits per heavy atom. The summed E-state index contributed by atoms with van der Waals surface area (Å²) in [4.78, 5) is 111. The zero-order valence-corrected chi connectivity index (χ0v) is 61.2. The van der Waals surface area contributed by atoms with Crippen molar-refractivity contribution in [3.05, 3.63) is 217 Å². The molecule has 0 spiro atoms. The van der Waals surface area contributed by atoms with E-state index in [1.807, 2.05) is 116 Å². The number of alkyl halides is 1. The summed E-state index contributed by atoms with van der Waals surface area (Å²) in [6, 6.07) is 38.4. The number of Topliss-reactive ketones (excluding diaryl/α,β-unsaturated/α-hetero) is 1. The van der Waals surface area contributed by atoms with Crippen molar-refractivity contribution in [1.29, 1.82) is 0 Å². The highest BCUT2D eigenvalue weighted by atomic mass is 35.5. The smallest absolute Gasteiger partial charge is 0.256 e. The van der Waals surface area contributed by atoms with Gasteiger partial charge in [-0.2, -0.15) is 0 Å². The number of anilines is 3. The molecule has 10 aromatic rings. The van der Waals surface area contributed by atoms with Gasteiger partial charge in [-0.25, -0.2) is 9.97 Å². The number of H-pyrrole nitrogens is 2. The van der Waals surface area contributed by atoms with Gasteiger partial charge in [0, 0.05) is 111 Å². The van der Waals surface area contributed by atoms with Crippen LogP contribution in [0.3, 0.4) is 0 Å². The van der Waals surface area contributed by atoms with Crippen molar-refractivity contribution >= 4 is 122 Å². The number of halogens is 1. The Bertz CT molecular complexity index is 4700. The van der Waals surface area contributed by atoms with E-state index in [1.54, 1.807) is 73.2 Å². The van der Waals surface area contributed by atoms with Crippen LogP contribution in [0, 0.1) is 27.7 Å². The van der Waals surface area contributed by atoms with Crippen LogP contribution < -0.4 is 32.3 Å². The topological polar surface area (TPSA) is 295 Å². The number of carbonyl (C=O) groups excluding carboxylic acids is 7. The molecule has 0 unspecified atom stereocenters. The fourth-order valence-electron chi connectivity index (χ4n) is 11.5. The number of nitrogens with one attached hydrogen (secondary N) is 7. The van der Waals surface area contributed by atoms with Gasteiger partial charge < -0.3 is 52.1 Å². The van der Waals surface area contributed by atoms with Gasteiger partial charge >= 0.3 is 0 Å². The number of benzene rings is 4. The van der Waals surface area contributed by atoms with E-state index in [1.165, 1.54) is 0 Å². The number of aryl methyl sites for hydroxylation is 2. The minimum absolute atomic E-state index is 0.0276. The number of carbonyl (C=O) groups is 7. The fraction of sp³-hybridized carbons (Fsp3) is 0.247. The molecule has 5 amide bonds. The van der Waals surface area contributed by atoms with Crippen LogP contribution in [0.25, 0.3) is 55.4 Å². The van der Waals surface area contributed by atoms with Crippen molar-refractivity contribution in [2.24, 2.45) is 5.73 Å². The second-order valence-corrected chi connectivity index (χ2v) is 26.2. The Morgan fingerprint density at radius 1 is 0.598 bits per heavy atom. The number of rotatable bonds is 21. The molecular weight excluding hydrogens is 1360 g/mol. The predicted molar refractivity (Wildman–Crippen MR) is 413 cm³/mol. The highest BCUT2D eigenvalue weighted by molar-refractivity contribution is 7.80. The van der Waals surface area contributed by atoms with Crippen LogP contribution in [0.4, 0.5) is 17.1 Å². The lowest BCUT2D eigenvalue weighted by Crippen LogP contribution is -2.35. The standard InChI is InChI=1S/C31H33N5O2S.C16H11N3OS.C14H23N3O2.C10H8ClNO2.C6H6N2S/c1-5-36(6-2)15-14-32-30(38)28-19(3)26(33-20(28)4)17-24-23-16-22(12-13-25(23)34-29(24)37)27-18-39-31(35-27)21-10-8-7-9-11-21;20-15-8-11-7-10(4-5-12(11)18-15)14-9-21-16(19-14)13-3-1-2-6-17-13;1-5-17(6-2)8-7-15-14(19)13-10(3)12(9-18)16-11(13)4;11-5-9(13)6-1-2-8-7(3-6)4-10(14)12-8;7-6(9)5-3-1-2-4-8-5/h7-13,16-18,33H,5-6,14-15H2,1-4H3,(H,32,38)(H,34,37);1-7,9H,8H2,(H,18,20);9,16H,5-8H2,1-4H3,(H,15,19);1-3H,4-5H2,(H,12,14);1-4H,(H2,7,9)/b24-17-;;;;. The molecule has 0 saturated carbocycles. The van der Waals surface area contributed by atoms with Crippen molar-refractivity contribution in [2.75, 3.05) is 74.2 Å². The van der Waals surface area contributed by atoms with Crippen LogP contribution in [-0.4, -0.2) is 145 Å². The molecule has 9 N–H and O–H groups in total. The van der Waals surface area contributed by atoms with E-state index in [0.29, 0.717) is 70.1 Å². The van der Waals surface area contributed by atoms with Gasteiger partial charge in [-0.1, -0.05) is 94.5 Å². The van der Waals surface area contributed by atoms with E-state index in [0.717, 1.165) is 146 Å². The minimum Gasteiger partial charge on any atom is -0.388 e. The lowest BCUT2D eigenvalue weighted by atomic mass is 10.0. The lowest BCUT2D eigenvalue weighted by molar-refractivity contribution is -0.115. The summed E-state index contributed by atoms with van der Waals surface area (Å²) in [7, 11) is 0. The third-order valence-electron chi connectivity index (χ3n) is 17.2. The highest BCUT2D eigenvalue weighted by Gasteiger charge is 2.28. The van der Waals surface area contributed by atoms with Crippen molar-refractivity contribution in [3.63, 3.8) is 0 Å². The van der Waals surface area contributed by atoms with Crippen LogP contribution in [0.5, 0.6) is 0 Å². The molecule has 6 aromatic heterocycles. The first-order chi connectivity index (χ1) is 49.2. The van der Waals surface area contributed by atoms with Crippen molar-refractivity contribution in [2.45, 2.75) is 68.2 Å². The van der Waals surface area contributed by atoms with Gasteiger partial charge in [0.15, 0.2) is 12.1 Å². The highest BCUT2D eigenvalue weighted by Crippen LogP contribution is 2.39. The number of thiazole rings is 2. The molecule has 0 atom stereocenters. The number of amides is 5. The molecule has 13 rings (SSSR count). The quantitative estimate of drug-likeness (QED) is 0.0109. The van der Waals surface area contributed by atoms with E-state index in [9.17, 15) is 33.6 Å². The number of hydrogen-bond donors (Lipinski definition) is 8. The fourth-order valence-corrected chi connectivity index (χ4v) is 13.5. The monoisotopic (exact) mass is 1440 g/mol. The first-order valence-corrected chi connectivity index (χ1v) is 36.0. The number of aromatic amines is 2. The number of likely N-dealkylation sites (N-methyl/N-ethyl adjacent to an activating group) is 2. The third-order valence-corrected chi connectivity index (χ3v) is 19.4. The van der Waals surface area contributed by atoms with E-state index in [-0.39, 0.29) is 41.2 Å². The average Bonchev–Trinajstić information content (AvgIpc) is 1.63. The Balaban J connectivity index is 0.000000162. The largest absolute Gasteiger partial charge is 0.388 e. The molecule has 3 aliphatic rings. The average molecular weight is 1450 g/mol. The SMILES string of the molecule is CCN(CC)CCNC(=O)c1c(C)[nH]c(/C=C2\C(=O)Nc3ccc(-c4csc(-c5ccccc5)n4)cc32)c1C.CCN(CC)CCNC(=O)c1c(C)[nH]c(C=O)c1C.NC(=S)c1ccccn1.O=C1Cc2cc(-c3csc(-c4ccccn4)n3)ccc2N1.O=C1Cc2cc(C(=O)CCl)ccc2N1. The van der Waals surface area contributed by atoms with Crippen molar-refractivity contribution < 1.29 is 33.6 Å². The van der Waals surface area contributed by atoms with Crippen LogP contribution >= 0.6 is 46.5 Å². The molecular formula is C77H81ClN14O7S3. The molecule has 0 fully saturated rings. The van der Waals surface area contributed by atoms with Crippen LogP contribution in [0.2, 0.25) is 0 Å². The maximum absolute atomic E-state index is 13.0. The summed E-state index contributed by atoms with van der Waals surface area (Å²) in [6.07, 6.45) is 6.81. The van der Waals surface area contributed by atoms with Crippen LogP contribution in [-0.2, 0) is 27.2 Å².